The molecule has 2 aromatic carbocycles. The van der Waals surface area contributed by atoms with Gasteiger partial charge in [-0.3, -0.25) is 4.72 Å². The molecule has 0 unspecified atom stereocenters. The summed E-state index contributed by atoms with van der Waals surface area (Å²) in [7, 11) is -3.70. The van der Waals surface area contributed by atoms with Gasteiger partial charge in [0.1, 0.15) is 0 Å². The first kappa shape index (κ1) is 14.8. The highest BCUT2D eigenvalue weighted by Crippen LogP contribution is 2.21. The van der Waals surface area contributed by atoms with Gasteiger partial charge in [-0.05, 0) is 48.4 Å². The van der Waals surface area contributed by atoms with Crippen LogP contribution in [0, 0.1) is 6.92 Å². The predicted octanol–water partition coefficient (Wildman–Crippen LogP) is 2.94. The highest BCUT2D eigenvalue weighted by Gasteiger charge is 2.15. The first-order valence-electron chi connectivity index (χ1n) is 5.91. The van der Waals surface area contributed by atoms with Gasteiger partial charge >= 0.3 is 0 Å². The van der Waals surface area contributed by atoms with E-state index in [1.807, 2.05) is 6.92 Å². The Hall–Kier alpha value is -1.56. The third-order valence-electron chi connectivity index (χ3n) is 2.88. The van der Waals surface area contributed by atoms with Crippen molar-refractivity contribution >= 4 is 27.3 Å². The number of hydrogen-bond acceptors (Lipinski definition) is 3. The summed E-state index contributed by atoms with van der Waals surface area (Å²) in [6.45, 7) is 1.61. The Labute approximate surface area is 123 Å². The molecular weight excluding hydrogens is 298 g/mol. The topological polar surface area (TPSA) is 66.4 Å². The summed E-state index contributed by atoms with van der Waals surface area (Å²) >= 11 is 5.82. The van der Waals surface area contributed by atoms with Crippen LogP contribution in [-0.2, 0) is 16.6 Å². The summed E-state index contributed by atoms with van der Waals surface area (Å²) < 4.78 is 27.0. The number of benzene rings is 2. The normalized spacial score (nSPS) is 11.3. The van der Waals surface area contributed by atoms with Crippen molar-refractivity contribution in [2.75, 3.05) is 4.72 Å². The minimum atomic E-state index is -3.70. The highest BCUT2D eigenvalue weighted by molar-refractivity contribution is 7.92. The average Bonchev–Trinajstić information content (AvgIpc) is 2.38. The van der Waals surface area contributed by atoms with Crippen LogP contribution in [0.4, 0.5) is 5.69 Å². The van der Waals surface area contributed by atoms with E-state index in [1.54, 1.807) is 24.3 Å². The monoisotopic (exact) mass is 311 g/mol. The second kappa shape index (κ2) is 5.83. The fourth-order valence-electron chi connectivity index (χ4n) is 1.75. The van der Waals surface area contributed by atoms with E-state index in [4.69, 9.17) is 11.6 Å². The van der Waals surface area contributed by atoms with E-state index in [-0.39, 0.29) is 11.5 Å². The zero-order valence-electron chi connectivity index (χ0n) is 10.8. The predicted molar refractivity (Wildman–Crippen MR) is 79.4 cm³/mol. The molecule has 4 nitrogen and oxygen atoms in total. The molecule has 2 N–H and O–H groups in total. The molecule has 0 saturated carbocycles. The summed E-state index contributed by atoms with van der Waals surface area (Å²) in [5.74, 6) is 0. The van der Waals surface area contributed by atoms with Crippen LogP contribution in [0.2, 0.25) is 5.02 Å². The molecular formula is C14H14ClNO3S. The third kappa shape index (κ3) is 3.30. The van der Waals surface area contributed by atoms with Crippen LogP contribution in [0.1, 0.15) is 11.1 Å². The molecule has 0 heterocycles. The molecule has 0 amide bonds. The van der Waals surface area contributed by atoms with E-state index in [1.165, 1.54) is 18.2 Å². The number of sulfonamides is 1. The van der Waals surface area contributed by atoms with Gasteiger partial charge in [0.2, 0.25) is 0 Å². The molecule has 0 aliphatic carbocycles. The summed E-state index contributed by atoms with van der Waals surface area (Å²) in [4.78, 5) is 0.104. The summed E-state index contributed by atoms with van der Waals surface area (Å²) in [6.07, 6.45) is 0. The minimum absolute atomic E-state index is 0.104. The van der Waals surface area contributed by atoms with Crippen molar-refractivity contribution in [2.24, 2.45) is 0 Å². The number of aliphatic hydroxyl groups is 1. The maximum Gasteiger partial charge on any atom is 0.261 e. The van der Waals surface area contributed by atoms with Gasteiger partial charge in [0.15, 0.2) is 0 Å². The number of aryl methyl sites for hydroxylation is 1. The lowest BCUT2D eigenvalue weighted by Gasteiger charge is -2.10. The number of nitrogens with one attached hydrogen (secondary N) is 1. The fraction of sp³-hybridized carbons (Fsp3) is 0.143. The van der Waals surface area contributed by atoms with E-state index in [9.17, 15) is 13.5 Å². The molecule has 2 aromatic rings. The minimum Gasteiger partial charge on any atom is -0.392 e. The Bertz CT molecular complexity index is 729. The van der Waals surface area contributed by atoms with Crippen molar-refractivity contribution in [2.45, 2.75) is 18.4 Å². The molecule has 106 valence electrons. The Morgan fingerprint density at radius 1 is 1.20 bits per heavy atom. The van der Waals surface area contributed by atoms with Crippen molar-refractivity contribution in [3.63, 3.8) is 0 Å². The van der Waals surface area contributed by atoms with Gasteiger partial charge in [-0.2, -0.15) is 0 Å². The molecule has 0 spiro atoms. The molecule has 0 aliphatic rings. The first-order valence-corrected chi connectivity index (χ1v) is 7.77. The van der Waals surface area contributed by atoms with Crippen molar-refractivity contribution in [1.82, 2.24) is 0 Å². The molecule has 6 heteroatoms. The van der Waals surface area contributed by atoms with Crippen LogP contribution >= 0.6 is 11.6 Å². The Balaban J connectivity index is 2.35. The van der Waals surface area contributed by atoms with Crippen molar-refractivity contribution in [3.8, 4) is 0 Å². The lowest BCUT2D eigenvalue weighted by molar-refractivity contribution is 0.281. The van der Waals surface area contributed by atoms with Gasteiger partial charge < -0.3 is 5.11 Å². The zero-order valence-corrected chi connectivity index (χ0v) is 12.4. The lowest BCUT2D eigenvalue weighted by atomic mass is 10.1. The SMILES string of the molecule is Cc1ccc(S(=O)(=O)Nc2cccc(Cl)c2)cc1CO. The fourth-order valence-corrected chi connectivity index (χ4v) is 3.04. The van der Waals surface area contributed by atoms with Crippen LogP contribution < -0.4 is 4.72 Å². The van der Waals surface area contributed by atoms with Gasteiger partial charge in [0.25, 0.3) is 10.0 Å². The van der Waals surface area contributed by atoms with Crippen molar-refractivity contribution < 1.29 is 13.5 Å². The van der Waals surface area contributed by atoms with Gasteiger partial charge in [-0.25, -0.2) is 8.42 Å². The third-order valence-corrected chi connectivity index (χ3v) is 4.49. The molecule has 0 fully saturated rings. The standard InChI is InChI=1S/C14H14ClNO3S/c1-10-5-6-14(7-11(10)9-17)20(18,19)16-13-4-2-3-12(15)8-13/h2-8,16-17H,9H2,1H3. The number of aliphatic hydroxyl groups excluding tert-OH is 1. The van der Waals surface area contributed by atoms with Crippen LogP contribution in [0.25, 0.3) is 0 Å². The second-order valence-electron chi connectivity index (χ2n) is 4.36. The molecule has 20 heavy (non-hydrogen) atoms. The second-order valence-corrected chi connectivity index (χ2v) is 6.48. The average molecular weight is 312 g/mol. The number of hydrogen-bond donors (Lipinski definition) is 2. The smallest absolute Gasteiger partial charge is 0.261 e. The summed E-state index contributed by atoms with van der Waals surface area (Å²) in [5.41, 5.74) is 1.82. The highest BCUT2D eigenvalue weighted by atomic mass is 35.5. The number of rotatable bonds is 4. The van der Waals surface area contributed by atoms with Crippen LogP contribution in [0.3, 0.4) is 0 Å². The van der Waals surface area contributed by atoms with Crippen LogP contribution in [0.15, 0.2) is 47.4 Å². The van der Waals surface area contributed by atoms with E-state index >= 15 is 0 Å². The molecule has 0 bridgehead atoms. The van der Waals surface area contributed by atoms with E-state index < -0.39 is 10.0 Å². The van der Waals surface area contributed by atoms with Crippen molar-refractivity contribution in [3.05, 3.63) is 58.6 Å². The lowest BCUT2D eigenvalue weighted by Crippen LogP contribution is -2.13. The largest absolute Gasteiger partial charge is 0.392 e. The zero-order chi connectivity index (χ0) is 14.8. The van der Waals surface area contributed by atoms with E-state index in [0.29, 0.717) is 16.3 Å². The van der Waals surface area contributed by atoms with Crippen LogP contribution in [0.5, 0.6) is 0 Å². The Morgan fingerprint density at radius 2 is 1.95 bits per heavy atom. The molecule has 0 saturated heterocycles. The molecule has 0 radical (unpaired) electrons. The molecule has 0 aliphatic heterocycles. The van der Waals surface area contributed by atoms with E-state index in [0.717, 1.165) is 5.56 Å². The molecule has 0 aromatic heterocycles. The van der Waals surface area contributed by atoms with E-state index in [2.05, 4.69) is 4.72 Å². The van der Waals surface area contributed by atoms with Gasteiger partial charge in [-0.1, -0.05) is 23.7 Å². The first-order chi connectivity index (χ1) is 9.42. The van der Waals surface area contributed by atoms with Crippen LogP contribution in [-0.4, -0.2) is 13.5 Å². The quantitative estimate of drug-likeness (QED) is 0.912. The Kier molecular flexibility index (Phi) is 4.32. The molecule has 2 rings (SSSR count). The Morgan fingerprint density at radius 3 is 2.60 bits per heavy atom. The molecule has 0 atom stereocenters. The maximum absolute atomic E-state index is 12.3. The summed E-state index contributed by atoms with van der Waals surface area (Å²) in [6, 6.07) is 11.1. The maximum atomic E-state index is 12.3. The number of halogens is 1. The van der Waals surface area contributed by atoms with Crippen molar-refractivity contribution in [1.29, 1.82) is 0 Å². The number of anilines is 1. The summed E-state index contributed by atoms with van der Waals surface area (Å²) in [5, 5.41) is 9.65. The van der Waals surface area contributed by atoms with Gasteiger partial charge in [0, 0.05) is 5.02 Å². The van der Waals surface area contributed by atoms with Gasteiger partial charge in [-0.15, -0.1) is 0 Å². The van der Waals surface area contributed by atoms with Gasteiger partial charge in [0.05, 0.1) is 17.2 Å².